The summed E-state index contributed by atoms with van der Waals surface area (Å²) in [5.74, 6) is 1.87. The van der Waals surface area contributed by atoms with Gasteiger partial charge in [0, 0.05) is 16.3 Å². The summed E-state index contributed by atoms with van der Waals surface area (Å²) in [7, 11) is 0. The first-order valence-corrected chi connectivity index (χ1v) is 13.4. The van der Waals surface area contributed by atoms with Crippen LogP contribution in [0.1, 0.15) is 0 Å². The van der Waals surface area contributed by atoms with Crippen molar-refractivity contribution in [3.05, 3.63) is 133 Å². The van der Waals surface area contributed by atoms with Crippen LogP contribution < -0.4 is 4.74 Å². The van der Waals surface area contributed by atoms with E-state index in [9.17, 15) is 0 Å². The Labute approximate surface area is 225 Å². The summed E-state index contributed by atoms with van der Waals surface area (Å²) >= 11 is 0. The van der Waals surface area contributed by atoms with Crippen LogP contribution in [0, 0.1) is 0 Å². The van der Waals surface area contributed by atoms with Crippen molar-refractivity contribution in [3.63, 3.8) is 0 Å². The molecule has 0 spiro atoms. The van der Waals surface area contributed by atoms with E-state index in [1.165, 1.54) is 65.2 Å². The number of rotatable bonds is 1. The van der Waals surface area contributed by atoms with E-state index in [0.717, 1.165) is 22.4 Å². The molecule has 1 aliphatic heterocycles. The lowest BCUT2D eigenvalue weighted by Crippen LogP contribution is -1.99. The standard InChI is InChI=1S/C38H22O/c1-2-10-25-21-35-33(20-24(25)9-1)27-12-5-4-11-26(27)22-34(35)29-18-19-36-37-30(29)14-7-15-31(37)32-17-16-23-8-3-6-13-28(23)38(32)39-36/h1-22H. The lowest BCUT2D eigenvalue weighted by molar-refractivity contribution is 0.493. The van der Waals surface area contributed by atoms with Gasteiger partial charge in [-0.25, -0.2) is 0 Å². The molecular formula is C38H22O. The van der Waals surface area contributed by atoms with Gasteiger partial charge in [-0.2, -0.15) is 0 Å². The van der Waals surface area contributed by atoms with E-state index in [0.29, 0.717) is 0 Å². The maximum absolute atomic E-state index is 6.67. The van der Waals surface area contributed by atoms with E-state index in [1.807, 2.05) is 0 Å². The summed E-state index contributed by atoms with van der Waals surface area (Å²) < 4.78 is 6.67. The van der Waals surface area contributed by atoms with Crippen LogP contribution in [0.4, 0.5) is 0 Å². The van der Waals surface area contributed by atoms with Crippen LogP contribution in [0.2, 0.25) is 0 Å². The van der Waals surface area contributed by atoms with E-state index >= 15 is 0 Å². The zero-order chi connectivity index (χ0) is 25.5. The molecule has 0 fully saturated rings. The quantitative estimate of drug-likeness (QED) is 0.163. The summed E-state index contributed by atoms with van der Waals surface area (Å²) in [6, 6.07) is 48.4. The average Bonchev–Trinajstić information content (AvgIpc) is 3.00. The van der Waals surface area contributed by atoms with Crippen molar-refractivity contribution in [3.8, 4) is 33.8 Å². The predicted octanol–water partition coefficient (Wildman–Crippen LogP) is 10.9. The third-order valence-electron chi connectivity index (χ3n) is 8.40. The van der Waals surface area contributed by atoms with Crippen LogP contribution >= 0.6 is 0 Å². The van der Waals surface area contributed by atoms with Crippen molar-refractivity contribution in [2.24, 2.45) is 0 Å². The minimum Gasteiger partial charge on any atom is -0.455 e. The molecule has 0 amide bonds. The van der Waals surface area contributed by atoms with Crippen molar-refractivity contribution in [1.82, 2.24) is 0 Å². The fourth-order valence-corrected chi connectivity index (χ4v) is 6.60. The maximum Gasteiger partial charge on any atom is 0.143 e. The van der Waals surface area contributed by atoms with Gasteiger partial charge in [-0.15, -0.1) is 0 Å². The van der Waals surface area contributed by atoms with Crippen molar-refractivity contribution in [2.45, 2.75) is 0 Å². The minimum absolute atomic E-state index is 0.920. The van der Waals surface area contributed by atoms with E-state index < -0.39 is 0 Å². The Morgan fingerprint density at radius 3 is 1.85 bits per heavy atom. The molecule has 0 bridgehead atoms. The second kappa shape index (κ2) is 7.69. The highest BCUT2D eigenvalue weighted by molar-refractivity contribution is 6.21. The summed E-state index contributed by atoms with van der Waals surface area (Å²) in [6.07, 6.45) is 0. The van der Waals surface area contributed by atoms with Crippen LogP contribution in [-0.2, 0) is 0 Å². The molecule has 1 heterocycles. The number of hydrogen-bond acceptors (Lipinski definition) is 1. The van der Waals surface area contributed by atoms with Crippen molar-refractivity contribution >= 4 is 53.9 Å². The molecule has 0 aliphatic carbocycles. The molecule has 9 rings (SSSR count). The molecular weight excluding hydrogens is 472 g/mol. The zero-order valence-corrected chi connectivity index (χ0v) is 21.1. The third-order valence-corrected chi connectivity index (χ3v) is 8.40. The molecule has 1 nitrogen and oxygen atoms in total. The lowest BCUT2D eigenvalue weighted by atomic mass is 9.86. The highest BCUT2D eigenvalue weighted by atomic mass is 16.5. The van der Waals surface area contributed by atoms with Crippen LogP contribution in [0.5, 0.6) is 11.5 Å². The predicted molar refractivity (Wildman–Crippen MR) is 165 cm³/mol. The zero-order valence-electron chi connectivity index (χ0n) is 21.1. The Morgan fingerprint density at radius 1 is 0.333 bits per heavy atom. The number of ether oxygens (including phenoxy) is 1. The second-order valence-corrected chi connectivity index (χ2v) is 10.5. The van der Waals surface area contributed by atoms with Gasteiger partial charge in [0.05, 0.1) is 0 Å². The van der Waals surface area contributed by atoms with Crippen LogP contribution in [0.3, 0.4) is 0 Å². The Hall–Kier alpha value is -5.14. The Balaban J connectivity index is 1.39. The van der Waals surface area contributed by atoms with Crippen molar-refractivity contribution < 1.29 is 4.74 Å². The summed E-state index contributed by atoms with van der Waals surface area (Å²) in [5, 5.41) is 12.4. The first-order chi connectivity index (χ1) is 19.3. The molecule has 0 saturated heterocycles. The molecule has 0 unspecified atom stereocenters. The second-order valence-electron chi connectivity index (χ2n) is 10.5. The van der Waals surface area contributed by atoms with Gasteiger partial charge in [-0.1, -0.05) is 103 Å². The summed E-state index contributed by atoms with van der Waals surface area (Å²) in [5.41, 5.74) is 4.86. The van der Waals surface area contributed by atoms with E-state index in [-0.39, 0.29) is 0 Å². The van der Waals surface area contributed by atoms with Gasteiger partial charge in [-0.3, -0.25) is 0 Å². The van der Waals surface area contributed by atoms with Crippen LogP contribution in [0.15, 0.2) is 133 Å². The summed E-state index contributed by atoms with van der Waals surface area (Å²) in [6.45, 7) is 0. The molecule has 39 heavy (non-hydrogen) atoms. The third kappa shape index (κ3) is 2.90. The number of fused-ring (bicyclic) bond motifs is 8. The number of hydrogen-bond donors (Lipinski definition) is 0. The molecule has 0 aromatic heterocycles. The maximum atomic E-state index is 6.67. The fraction of sp³-hybridized carbons (Fsp3) is 0. The number of benzene rings is 8. The smallest absolute Gasteiger partial charge is 0.143 e. The largest absolute Gasteiger partial charge is 0.455 e. The van der Waals surface area contributed by atoms with Crippen molar-refractivity contribution in [1.29, 1.82) is 0 Å². The molecule has 1 heteroatoms. The molecule has 0 N–H and O–H groups in total. The Bertz CT molecular complexity index is 2310. The molecule has 1 aliphatic rings. The summed E-state index contributed by atoms with van der Waals surface area (Å²) in [4.78, 5) is 0. The van der Waals surface area contributed by atoms with Gasteiger partial charge in [0.15, 0.2) is 0 Å². The van der Waals surface area contributed by atoms with E-state index in [2.05, 4.69) is 133 Å². The average molecular weight is 495 g/mol. The molecule has 180 valence electrons. The highest BCUT2D eigenvalue weighted by Gasteiger charge is 2.24. The lowest BCUT2D eigenvalue weighted by Gasteiger charge is -2.24. The van der Waals surface area contributed by atoms with Gasteiger partial charge in [0.25, 0.3) is 0 Å². The van der Waals surface area contributed by atoms with E-state index in [4.69, 9.17) is 4.74 Å². The molecule has 0 atom stereocenters. The minimum atomic E-state index is 0.920. The van der Waals surface area contributed by atoms with Gasteiger partial charge < -0.3 is 4.74 Å². The van der Waals surface area contributed by atoms with Gasteiger partial charge in [0.2, 0.25) is 0 Å². The molecule has 0 saturated carbocycles. The van der Waals surface area contributed by atoms with E-state index in [1.54, 1.807) is 0 Å². The first-order valence-electron chi connectivity index (χ1n) is 13.4. The van der Waals surface area contributed by atoms with Gasteiger partial charge >= 0.3 is 0 Å². The monoisotopic (exact) mass is 494 g/mol. The topological polar surface area (TPSA) is 9.23 Å². The fourth-order valence-electron chi connectivity index (χ4n) is 6.60. The van der Waals surface area contributed by atoms with Gasteiger partial charge in [0.1, 0.15) is 11.5 Å². The Kier molecular flexibility index (Phi) is 4.11. The normalized spacial score (nSPS) is 12.3. The molecule has 0 radical (unpaired) electrons. The van der Waals surface area contributed by atoms with Crippen LogP contribution in [0.25, 0.3) is 76.1 Å². The van der Waals surface area contributed by atoms with Crippen LogP contribution in [-0.4, -0.2) is 0 Å². The molecule has 8 aromatic rings. The van der Waals surface area contributed by atoms with Crippen molar-refractivity contribution in [2.75, 3.05) is 0 Å². The highest BCUT2D eigenvalue weighted by Crippen LogP contribution is 2.51. The van der Waals surface area contributed by atoms with Gasteiger partial charge in [-0.05, 0) is 90.1 Å². The first kappa shape index (κ1) is 20.9. The Morgan fingerprint density at radius 2 is 1.00 bits per heavy atom. The molecule has 8 aromatic carbocycles. The SMILES string of the molecule is c1ccc2cc3c(cc2c1)c(-c1ccc2c4c(cccc14)-c1ccc4ccccc4c1O2)cc1ccccc13.